The Kier molecular flexibility index (Phi) is 6.30. The van der Waals surface area contributed by atoms with Crippen LogP contribution in [0, 0.1) is 18.8 Å². The average molecular weight is 357 g/mol. The number of nitrogens with zero attached hydrogens (tertiary/aromatic N) is 1. The lowest BCUT2D eigenvalue weighted by atomic mass is 9.94. The molecule has 1 aromatic carbocycles. The largest absolute Gasteiger partial charge is 0.352 e. The molecule has 3 rings (SSSR count). The topological polar surface area (TPSA) is 75.4 Å². The van der Waals surface area contributed by atoms with Gasteiger partial charge in [-0.3, -0.25) is 9.59 Å². The van der Waals surface area contributed by atoms with E-state index in [0.717, 1.165) is 37.7 Å². The maximum Gasteiger partial charge on any atom is 0.223 e. The van der Waals surface area contributed by atoms with Gasteiger partial charge in [0.15, 0.2) is 0 Å². The number of rotatable bonds is 5. The Morgan fingerprint density at radius 1 is 1.12 bits per heavy atom. The minimum absolute atomic E-state index is 0.0123. The third-order valence-corrected chi connectivity index (χ3v) is 5.96. The Balaban J connectivity index is 1.40. The molecule has 3 N–H and O–H groups in total. The molecule has 1 saturated heterocycles. The van der Waals surface area contributed by atoms with Gasteiger partial charge < -0.3 is 16.0 Å². The van der Waals surface area contributed by atoms with E-state index in [2.05, 4.69) is 24.4 Å². The van der Waals surface area contributed by atoms with E-state index in [9.17, 15) is 9.59 Å². The van der Waals surface area contributed by atoms with Crippen molar-refractivity contribution in [1.82, 2.24) is 10.2 Å². The fourth-order valence-corrected chi connectivity index (χ4v) is 4.10. The van der Waals surface area contributed by atoms with Gasteiger partial charge in [-0.2, -0.15) is 0 Å². The standard InChI is InChI=1S/C21H31N3O2/c1-15-5-7-16(8-6-15)14-23-21(26)17-9-11-24(12-10-17)20(25)13-18-3-2-4-19(18)22/h5-8,17-19H,2-4,9-14,22H2,1H3,(H,23,26)/t18-,19+/m0/s1. The molecule has 1 aliphatic heterocycles. The molecule has 1 heterocycles. The number of aryl methyl sites for hydroxylation is 1. The Labute approximate surface area is 156 Å². The highest BCUT2D eigenvalue weighted by atomic mass is 16.2. The average Bonchev–Trinajstić information content (AvgIpc) is 3.05. The van der Waals surface area contributed by atoms with Crippen LogP contribution in [0.15, 0.2) is 24.3 Å². The normalized spacial score (nSPS) is 23.8. The van der Waals surface area contributed by atoms with Crippen molar-refractivity contribution in [3.8, 4) is 0 Å². The van der Waals surface area contributed by atoms with Gasteiger partial charge in [0.1, 0.15) is 0 Å². The van der Waals surface area contributed by atoms with Crippen molar-refractivity contribution in [2.75, 3.05) is 13.1 Å². The first-order valence-corrected chi connectivity index (χ1v) is 9.89. The van der Waals surface area contributed by atoms with Gasteiger partial charge in [0, 0.05) is 38.0 Å². The van der Waals surface area contributed by atoms with Crippen molar-refractivity contribution in [2.24, 2.45) is 17.6 Å². The Morgan fingerprint density at radius 3 is 2.42 bits per heavy atom. The Bertz CT molecular complexity index is 621. The first kappa shape index (κ1) is 18.9. The number of hydrogen-bond acceptors (Lipinski definition) is 3. The van der Waals surface area contributed by atoms with Crippen LogP contribution in [0.4, 0.5) is 0 Å². The highest BCUT2D eigenvalue weighted by Crippen LogP contribution is 2.28. The number of amides is 2. The van der Waals surface area contributed by atoms with Gasteiger partial charge in [-0.1, -0.05) is 36.2 Å². The first-order valence-electron chi connectivity index (χ1n) is 9.89. The van der Waals surface area contributed by atoms with Crippen LogP contribution in [0.3, 0.4) is 0 Å². The van der Waals surface area contributed by atoms with E-state index in [4.69, 9.17) is 5.73 Å². The van der Waals surface area contributed by atoms with Crippen LogP contribution in [0.25, 0.3) is 0 Å². The second-order valence-electron chi connectivity index (χ2n) is 7.92. The molecule has 0 radical (unpaired) electrons. The van der Waals surface area contributed by atoms with Crippen molar-refractivity contribution in [3.05, 3.63) is 35.4 Å². The summed E-state index contributed by atoms with van der Waals surface area (Å²) in [6, 6.07) is 8.39. The lowest BCUT2D eigenvalue weighted by Gasteiger charge is -2.32. The summed E-state index contributed by atoms with van der Waals surface area (Å²) in [5, 5.41) is 3.04. The molecule has 0 aromatic heterocycles. The highest BCUT2D eigenvalue weighted by Gasteiger charge is 2.31. The van der Waals surface area contributed by atoms with Crippen molar-refractivity contribution in [2.45, 2.75) is 58.0 Å². The van der Waals surface area contributed by atoms with E-state index in [1.165, 1.54) is 5.56 Å². The van der Waals surface area contributed by atoms with E-state index < -0.39 is 0 Å². The summed E-state index contributed by atoms with van der Waals surface area (Å²) in [7, 11) is 0. The second-order valence-corrected chi connectivity index (χ2v) is 7.92. The van der Waals surface area contributed by atoms with Crippen LogP contribution >= 0.6 is 0 Å². The molecule has 0 bridgehead atoms. The molecule has 0 spiro atoms. The molecule has 2 fully saturated rings. The summed E-state index contributed by atoms with van der Waals surface area (Å²) in [6.45, 7) is 3.99. The molecule has 1 saturated carbocycles. The monoisotopic (exact) mass is 357 g/mol. The zero-order chi connectivity index (χ0) is 18.5. The summed E-state index contributed by atoms with van der Waals surface area (Å²) in [6.07, 6.45) is 5.34. The molecule has 2 amide bonds. The zero-order valence-electron chi connectivity index (χ0n) is 15.7. The third-order valence-electron chi connectivity index (χ3n) is 5.96. The van der Waals surface area contributed by atoms with Gasteiger partial charge in [-0.25, -0.2) is 0 Å². The van der Waals surface area contributed by atoms with Crippen LogP contribution in [-0.4, -0.2) is 35.8 Å². The first-order chi connectivity index (χ1) is 12.5. The van der Waals surface area contributed by atoms with Crippen LogP contribution in [0.2, 0.25) is 0 Å². The molecule has 1 aromatic rings. The number of benzene rings is 1. The predicted molar refractivity (Wildman–Crippen MR) is 102 cm³/mol. The van der Waals surface area contributed by atoms with Gasteiger partial charge >= 0.3 is 0 Å². The predicted octanol–water partition coefficient (Wildman–Crippen LogP) is 2.37. The summed E-state index contributed by atoms with van der Waals surface area (Å²) >= 11 is 0. The number of carbonyl (C=O) groups excluding carboxylic acids is 2. The molecular formula is C21H31N3O2. The maximum atomic E-state index is 12.5. The van der Waals surface area contributed by atoms with E-state index in [-0.39, 0.29) is 23.8 Å². The van der Waals surface area contributed by atoms with Gasteiger partial charge in [-0.05, 0) is 44.1 Å². The van der Waals surface area contributed by atoms with Crippen molar-refractivity contribution in [3.63, 3.8) is 0 Å². The van der Waals surface area contributed by atoms with E-state index >= 15 is 0 Å². The van der Waals surface area contributed by atoms with Crippen LogP contribution in [-0.2, 0) is 16.1 Å². The van der Waals surface area contributed by atoms with Crippen molar-refractivity contribution < 1.29 is 9.59 Å². The highest BCUT2D eigenvalue weighted by molar-refractivity contribution is 5.80. The number of carbonyl (C=O) groups is 2. The number of piperidine rings is 1. The Morgan fingerprint density at radius 2 is 1.81 bits per heavy atom. The van der Waals surface area contributed by atoms with E-state index in [0.29, 0.717) is 32.0 Å². The molecule has 1 aliphatic carbocycles. The third kappa shape index (κ3) is 4.85. The van der Waals surface area contributed by atoms with Gasteiger partial charge in [0.25, 0.3) is 0 Å². The van der Waals surface area contributed by atoms with Crippen LogP contribution < -0.4 is 11.1 Å². The molecule has 2 atom stereocenters. The summed E-state index contributed by atoms with van der Waals surface area (Å²) in [4.78, 5) is 26.8. The fraction of sp³-hybridized carbons (Fsp3) is 0.619. The molecule has 142 valence electrons. The molecule has 2 aliphatic rings. The minimum Gasteiger partial charge on any atom is -0.352 e. The lowest BCUT2D eigenvalue weighted by molar-refractivity contribution is -0.136. The number of nitrogens with two attached hydrogens (primary N) is 1. The van der Waals surface area contributed by atoms with Gasteiger partial charge in [-0.15, -0.1) is 0 Å². The second kappa shape index (κ2) is 8.67. The number of likely N-dealkylation sites (tertiary alicyclic amines) is 1. The smallest absolute Gasteiger partial charge is 0.223 e. The minimum atomic E-state index is 0.0123. The van der Waals surface area contributed by atoms with Crippen LogP contribution in [0.5, 0.6) is 0 Å². The summed E-state index contributed by atoms with van der Waals surface area (Å²) in [5.74, 6) is 0.678. The summed E-state index contributed by atoms with van der Waals surface area (Å²) in [5.41, 5.74) is 8.42. The van der Waals surface area contributed by atoms with Gasteiger partial charge in [0.2, 0.25) is 11.8 Å². The number of hydrogen-bond donors (Lipinski definition) is 2. The molecular weight excluding hydrogens is 326 g/mol. The summed E-state index contributed by atoms with van der Waals surface area (Å²) < 4.78 is 0. The molecule has 5 heteroatoms. The van der Waals surface area contributed by atoms with Crippen molar-refractivity contribution in [1.29, 1.82) is 0 Å². The maximum absolute atomic E-state index is 12.5. The lowest BCUT2D eigenvalue weighted by Crippen LogP contribution is -2.44. The molecule has 5 nitrogen and oxygen atoms in total. The number of nitrogens with one attached hydrogen (secondary N) is 1. The van der Waals surface area contributed by atoms with Crippen LogP contribution in [0.1, 0.15) is 49.7 Å². The van der Waals surface area contributed by atoms with E-state index in [1.54, 1.807) is 0 Å². The molecule has 0 unspecified atom stereocenters. The van der Waals surface area contributed by atoms with Crippen molar-refractivity contribution >= 4 is 11.8 Å². The SMILES string of the molecule is Cc1ccc(CNC(=O)C2CCN(C(=O)C[C@@H]3CCC[C@H]3N)CC2)cc1. The zero-order valence-corrected chi connectivity index (χ0v) is 15.7. The Hall–Kier alpha value is -1.88. The molecule has 26 heavy (non-hydrogen) atoms. The van der Waals surface area contributed by atoms with Gasteiger partial charge in [0.05, 0.1) is 0 Å². The quantitative estimate of drug-likeness (QED) is 0.849. The van der Waals surface area contributed by atoms with E-state index in [1.807, 2.05) is 17.0 Å². The fourth-order valence-electron chi connectivity index (χ4n) is 4.10.